The molecule has 0 aromatic heterocycles. The Hall–Kier alpha value is -6.07. The number of Topliss-reactive ketones (excluding diaryl/α,β-unsaturated/α-hetero) is 2. The summed E-state index contributed by atoms with van der Waals surface area (Å²) in [5.41, 5.74) is 9.47. The molecule has 1 heterocycles. The number of rotatable bonds is 7. The van der Waals surface area contributed by atoms with E-state index >= 15 is 0 Å². The van der Waals surface area contributed by atoms with E-state index in [2.05, 4.69) is 108 Å². The number of carboxylic acids is 1. The molecule has 5 heteroatoms. The molecule has 5 nitrogen and oxygen atoms in total. The number of allylic oxidation sites excluding steroid dienone is 3. The Labute approximate surface area is 285 Å². The molecule has 1 saturated carbocycles. The van der Waals surface area contributed by atoms with Gasteiger partial charge in [0.1, 0.15) is 0 Å². The van der Waals surface area contributed by atoms with Gasteiger partial charge in [-0.05, 0) is 94.8 Å². The highest BCUT2D eigenvalue weighted by molar-refractivity contribution is 6.41. The minimum Gasteiger partial charge on any atom is -0.478 e. The Kier molecular flexibility index (Phi) is 7.73. The second kappa shape index (κ2) is 12.5. The van der Waals surface area contributed by atoms with Crippen LogP contribution in [0.15, 0.2) is 139 Å². The number of hydrogen-bond donors (Lipinski definition) is 1. The summed E-state index contributed by atoms with van der Waals surface area (Å²) in [6.07, 6.45) is 11.4. The minimum absolute atomic E-state index is 0.00723. The van der Waals surface area contributed by atoms with Gasteiger partial charge in [-0.15, -0.1) is 0 Å². The van der Waals surface area contributed by atoms with Crippen LogP contribution in [0.4, 0.5) is 11.4 Å². The average Bonchev–Trinajstić information content (AvgIpc) is 3.80. The summed E-state index contributed by atoms with van der Waals surface area (Å²) < 4.78 is 0. The topological polar surface area (TPSA) is 74.7 Å². The molecular weight excluding hydrogens is 606 g/mol. The summed E-state index contributed by atoms with van der Waals surface area (Å²) in [6.45, 7) is 0. The Morgan fingerprint density at radius 2 is 1.37 bits per heavy atom. The van der Waals surface area contributed by atoms with E-state index in [1.165, 1.54) is 40.5 Å². The minimum atomic E-state index is -1.13. The van der Waals surface area contributed by atoms with Crippen molar-refractivity contribution in [3.05, 3.63) is 184 Å². The van der Waals surface area contributed by atoms with Gasteiger partial charge in [0.25, 0.3) is 0 Å². The largest absolute Gasteiger partial charge is 0.478 e. The predicted molar refractivity (Wildman–Crippen MR) is 194 cm³/mol. The fourth-order valence-electron chi connectivity index (χ4n) is 7.65. The van der Waals surface area contributed by atoms with Crippen LogP contribution >= 0.6 is 0 Å². The number of fused-ring (bicyclic) bond motifs is 4. The molecular formula is C44H33NO4. The number of anilines is 2. The van der Waals surface area contributed by atoms with Gasteiger partial charge in [0, 0.05) is 34.5 Å². The molecule has 8 rings (SSSR count). The van der Waals surface area contributed by atoms with E-state index in [9.17, 15) is 19.5 Å². The monoisotopic (exact) mass is 639 g/mol. The molecule has 238 valence electrons. The third kappa shape index (κ3) is 5.53. The molecule has 2 unspecified atom stereocenters. The molecule has 1 N–H and O–H groups in total. The molecule has 2 atom stereocenters. The molecule has 1 aliphatic heterocycles. The lowest BCUT2D eigenvalue weighted by Gasteiger charge is -2.27. The Bertz CT molecular complexity index is 2170. The highest BCUT2D eigenvalue weighted by Crippen LogP contribution is 2.52. The van der Waals surface area contributed by atoms with Crippen LogP contribution in [-0.2, 0) is 0 Å². The molecule has 49 heavy (non-hydrogen) atoms. The zero-order valence-electron chi connectivity index (χ0n) is 26.8. The van der Waals surface area contributed by atoms with Gasteiger partial charge >= 0.3 is 5.97 Å². The van der Waals surface area contributed by atoms with Crippen LogP contribution in [0.3, 0.4) is 0 Å². The first-order valence-electron chi connectivity index (χ1n) is 16.7. The Balaban J connectivity index is 1.05. The summed E-state index contributed by atoms with van der Waals surface area (Å²) in [5.74, 6) is -1.55. The van der Waals surface area contributed by atoms with Crippen LogP contribution in [0.1, 0.15) is 84.1 Å². The van der Waals surface area contributed by atoms with Gasteiger partial charge < -0.3 is 10.0 Å². The van der Waals surface area contributed by atoms with Crippen molar-refractivity contribution in [1.29, 1.82) is 0 Å². The lowest BCUT2D eigenvalue weighted by molar-refractivity contribution is 0.0696. The Morgan fingerprint density at radius 1 is 0.694 bits per heavy atom. The van der Waals surface area contributed by atoms with Crippen molar-refractivity contribution in [1.82, 2.24) is 0 Å². The smallest absolute Gasteiger partial charge is 0.335 e. The van der Waals surface area contributed by atoms with Crippen LogP contribution in [0.25, 0.3) is 17.7 Å². The normalized spacial score (nSPS) is 18.5. The second-order valence-electron chi connectivity index (χ2n) is 12.8. The fraction of sp³-hybridized carbons (Fsp3) is 0.114. The lowest BCUT2D eigenvalue weighted by Crippen LogP contribution is -2.26. The van der Waals surface area contributed by atoms with Gasteiger partial charge in [-0.2, -0.15) is 0 Å². The number of hydrogen-bond acceptors (Lipinski definition) is 4. The number of ketones is 2. The van der Waals surface area contributed by atoms with E-state index in [4.69, 9.17) is 0 Å². The molecule has 0 saturated heterocycles. The van der Waals surface area contributed by atoms with Crippen molar-refractivity contribution in [3.8, 4) is 0 Å². The van der Waals surface area contributed by atoms with Gasteiger partial charge in [0.15, 0.2) is 11.6 Å². The van der Waals surface area contributed by atoms with Gasteiger partial charge in [0.2, 0.25) is 0 Å². The maximum Gasteiger partial charge on any atom is 0.335 e. The quantitative estimate of drug-likeness (QED) is 0.109. The maximum atomic E-state index is 13.2. The summed E-state index contributed by atoms with van der Waals surface area (Å²) >= 11 is 0. The van der Waals surface area contributed by atoms with Crippen molar-refractivity contribution < 1.29 is 19.5 Å². The van der Waals surface area contributed by atoms with E-state index in [0.29, 0.717) is 12.0 Å². The SMILES string of the molecule is O=C(O)c1ccc2c(c1)C(=O)/C(=C/c1ccc3c(c1)C1CCCC1N3c1ccc(/C=C/C=C(c3ccccc3)c3ccccc3)cc1)C2=O. The van der Waals surface area contributed by atoms with E-state index < -0.39 is 11.8 Å². The predicted octanol–water partition coefficient (Wildman–Crippen LogP) is 9.78. The fourth-order valence-corrected chi connectivity index (χ4v) is 7.65. The third-order valence-corrected chi connectivity index (χ3v) is 9.97. The van der Waals surface area contributed by atoms with Crippen molar-refractivity contribution in [2.75, 3.05) is 4.90 Å². The van der Waals surface area contributed by atoms with Crippen molar-refractivity contribution in [2.45, 2.75) is 31.2 Å². The lowest BCUT2D eigenvalue weighted by atomic mass is 9.95. The molecule has 3 aliphatic rings. The standard InChI is InChI=1S/C44H33NO4/c46-42-36-23-20-32(44(48)49)27-38(36)43(47)39(42)26-29-19-24-41-37(25-29)35-15-8-16-40(35)45(41)33-21-17-28(18-22-33)9-7-14-34(30-10-3-1-4-11-30)31-12-5-2-6-13-31/h1-7,9-14,17-27,35,40H,8,15-16H2,(H,48,49)/b9-7+,39-26+. The van der Waals surface area contributed by atoms with Crippen molar-refractivity contribution >= 4 is 46.6 Å². The second-order valence-corrected chi connectivity index (χ2v) is 12.8. The van der Waals surface area contributed by atoms with Gasteiger partial charge in [-0.25, -0.2) is 4.79 Å². The first kappa shape index (κ1) is 30.3. The van der Waals surface area contributed by atoms with E-state index in [-0.39, 0.29) is 28.0 Å². The summed E-state index contributed by atoms with van der Waals surface area (Å²) in [6, 6.07) is 40.2. The van der Waals surface area contributed by atoms with E-state index in [0.717, 1.165) is 41.8 Å². The number of nitrogens with zero attached hydrogens (tertiary/aromatic N) is 1. The highest BCUT2D eigenvalue weighted by atomic mass is 16.4. The molecule has 0 radical (unpaired) electrons. The molecule has 5 aromatic rings. The third-order valence-electron chi connectivity index (χ3n) is 9.97. The van der Waals surface area contributed by atoms with Crippen molar-refractivity contribution in [2.24, 2.45) is 0 Å². The number of benzene rings is 5. The summed E-state index contributed by atoms with van der Waals surface area (Å²) in [4.78, 5) is 40.2. The van der Waals surface area contributed by atoms with Crippen LogP contribution in [0.2, 0.25) is 0 Å². The first-order chi connectivity index (χ1) is 24.0. The first-order valence-corrected chi connectivity index (χ1v) is 16.7. The maximum absolute atomic E-state index is 13.2. The molecule has 0 spiro atoms. The zero-order valence-corrected chi connectivity index (χ0v) is 26.8. The van der Waals surface area contributed by atoms with Gasteiger partial charge in [-0.3, -0.25) is 9.59 Å². The Morgan fingerprint density at radius 3 is 2.06 bits per heavy atom. The molecule has 2 aliphatic carbocycles. The van der Waals surface area contributed by atoms with Crippen LogP contribution in [0.5, 0.6) is 0 Å². The number of carbonyl (C=O) groups is 3. The summed E-state index contributed by atoms with van der Waals surface area (Å²) in [5, 5.41) is 9.36. The average molecular weight is 640 g/mol. The van der Waals surface area contributed by atoms with Crippen LogP contribution < -0.4 is 4.90 Å². The molecule has 5 aromatic carbocycles. The zero-order chi connectivity index (χ0) is 33.5. The number of carboxylic acid groups (broad SMARTS) is 1. The number of carbonyl (C=O) groups excluding carboxylic acids is 2. The van der Waals surface area contributed by atoms with Crippen LogP contribution in [-0.4, -0.2) is 28.7 Å². The molecule has 0 bridgehead atoms. The molecule has 0 amide bonds. The molecule has 1 fully saturated rings. The van der Waals surface area contributed by atoms with Crippen LogP contribution in [0, 0.1) is 0 Å². The van der Waals surface area contributed by atoms with E-state index in [1.807, 2.05) is 18.2 Å². The van der Waals surface area contributed by atoms with Gasteiger partial charge in [0.05, 0.1) is 11.1 Å². The number of aromatic carboxylic acids is 1. The summed E-state index contributed by atoms with van der Waals surface area (Å²) in [7, 11) is 0. The van der Waals surface area contributed by atoms with E-state index in [1.54, 1.807) is 6.08 Å². The van der Waals surface area contributed by atoms with Crippen molar-refractivity contribution in [3.63, 3.8) is 0 Å². The van der Waals surface area contributed by atoms with Gasteiger partial charge in [-0.1, -0.05) is 104 Å². The highest BCUT2D eigenvalue weighted by Gasteiger charge is 2.42.